The Kier molecular flexibility index (Phi) is 4.15. The van der Waals surface area contributed by atoms with Gasteiger partial charge in [0.05, 0.1) is 11.0 Å². The molecule has 0 radical (unpaired) electrons. The normalized spacial score (nSPS) is 15.4. The Morgan fingerprint density at radius 2 is 1.97 bits per heavy atom. The molecule has 1 aliphatic heterocycles. The van der Waals surface area contributed by atoms with Crippen LogP contribution in [0.4, 0.5) is 11.6 Å². The Morgan fingerprint density at radius 3 is 2.72 bits per heavy atom. The molecular formula is C20H21N7O2. The number of imidazole rings is 2. The lowest BCUT2D eigenvalue weighted by molar-refractivity contribution is -0.391. The summed E-state index contributed by atoms with van der Waals surface area (Å²) in [4.78, 5) is 21.8. The lowest BCUT2D eigenvalue weighted by Crippen LogP contribution is -2.35. The third kappa shape index (κ3) is 2.89. The second kappa shape index (κ2) is 6.84. The maximum atomic E-state index is 11.2. The van der Waals surface area contributed by atoms with Gasteiger partial charge in [0.2, 0.25) is 5.65 Å². The molecule has 1 aromatic carbocycles. The maximum Gasteiger partial charge on any atom is 0.368 e. The topological polar surface area (TPSA) is 94.4 Å². The van der Waals surface area contributed by atoms with E-state index in [2.05, 4.69) is 44.7 Å². The van der Waals surface area contributed by atoms with Gasteiger partial charge in [-0.05, 0) is 36.0 Å². The third-order valence-corrected chi connectivity index (χ3v) is 5.66. The number of para-hydroxylation sites is 2. The van der Waals surface area contributed by atoms with Crippen molar-refractivity contribution in [2.24, 2.45) is 0 Å². The minimum atomic E-state index is -0.459. The first-order valence-electron chi connectivity index (χ1n) is 9.85. The van der Waals surface area contributed by atoms with E-state index in [1.807, 2.05) is 12.1 Å². The lowest BCUT2D eigenvalue weighted by Gasteiger charge is -2.33. The van der Waals surface area contributed by atoms with Crippen LogP contribution in [0.25, 0.3) is 16.7 Å². The van der Waals surface area contributed by atoms with Crippen molar-refractivity contribution in [3.63, 3.8) is 0 Å². The van der Waals surface area contributed by atoms with Crippen LogP contribution in [0.1, 0.15) is 31.6 Å². The van der Waals surface area contributed by atoms with Gasteiger partial charge in [-0.3, -0.25) is 0 Å². The highest BCUT2D eigenvalue weighted by molar-refractivity contribution is 5.76. The number of aromatic nitrogens is 5. The maximum absolute atomic E-state index is 11.2. The quantitative estimate of drug-likeness (QED) is 0.391. The van der Waals surface area contributed by atoms with Crippen molar-refractivity contribution in [1.29, 1.82) is 0 Å². The van der Waals surface area contributed by atoms with Crippen LogP contribution in [0.2, 0.25) is 0 Å². The monoisotopic (exact) mass is 391 g/mol. The average molecular weight is 391 g/mol. The minimum absolute atomic E-state index is 0.116. The van der Waals surface area contributed by atoms with E-state index in [0.29, 0.717) is 11.7 Å². The van der Waals surface area contributed by atoms with Crippen LogP contribution in [-0.2, 0) is 6.42 Å². The molecule has 0 aliphatic carbocycles. The number of hydrogen-bond acceptors (Lipinski definition) is 6. The van der Waals surface area contributed by atoms with Crippen molar-refractivity contribution in [3.8, 4) is 0 Å². The van der Waals surface area contributed by atoms with Crippen LogP contribution < -0.4 is 4.90 Å². The van der Waals surface area contributed by atoms with E-state index in [0.717, 1.165) is 49.5 Å². The summed E-state index contributed by atoms with van der Waals surface area (Å²) in [5, 5.41) is 15.7. The lowest BCUT2D eigenvalue weighted by atomic mass is 10.0. The van der Waals surface area contributed by atoms with E-state index < -0.39 is 4.92 Å². The zero-order chi connectivity index (χ0) is 20.0. The highest BCUT2D eigenvalue weighted by Gasteiger charge is 2.26. The SMILES string of the molecule is CCc1nc2ccccc2n1C1CCN(c2ccc3ncc([N+](=O)[O-])n3n2)CC1. The predicted molar refractivity (Wildman–Crippen MR) is 109 cm³/mol. The molecule has 0 N–H and O–H groups in total. The number of anilines is 1. The number of piperidine rings is 1. The molecule has 0 atom stereocenters. The van der Waals surface area contributed by atoms with Crippen LogP contribution in [0.3, 0.4) is 0 Å². The van der Waals surface area contributed by atoms with Gasteiger partial charge in [-0.15, -0.1) is 0 Å². The van der Waals surface area contributed by atoms with Gasteiger partial charge in [-0.2, -0.15) is 0 Å². The first-order valence-corrected chi connectivity index (χ1v) is 9.85. The number of rotatable bonds is 4. The predicted octanol–water partition coefficient (Wildman–Crippen LogP) is 3.39. The van der Waals surface area contributed by atoms with E-state index in [1.165, 1.54) is 16.2 Å². The molecule has 0 unspecified atom stereocenters. The number of fused-ring (bicyclic) bond motifs is 2. The van der Waals surface area contributed by atoms with Crippen LogP contribution in [0, 0.1) is 10.1 Å². The minimum Gasteiger partial charge on any atom is -0.358 e. The molecule has 1 fully saturated rings. The van der Waals surface area contributed by atoms with Gasteiger partial charge in [-0.1, -0.05) is 28.7 Å². The van der Waals surface area contributed by atoms with Gasteiger partial charge >= 0.3 is 5.82 Å². The first kappa shape index (κ1) is 17.6. The van der Waals surface area contributed by atoms with Crippen molar-refractivity contribution in [2.75, 3.05) is 18.0 Å². The summed E-state index contributed by atoms with van der Waals surface area (Å²) < 4.78 is 3.70. The number of nitrogens with zero attached hydrogens (tertiary/aromatic N) is 7. The number of benzene rings is 1. The number of nitro groups is 1. The van der Waals surface area contributed by atoms with Crippen molar-refractivity contribution < 1.29 is 4.92 Å². The van der Waals surface area contributed by atoms with Gasteiger partial charge in [0.15, 0.2) is 5.82 Å². The molecule has 0 amide bonds. The zero-order valence-corrected chi connectivity index (χ0v) is 16.1. The summed E-state index contributed by atoms with van der Waals surface area (Å²) in [5.74, 6) is 1.75. The van der Waals surface area contributed by atoms with E-state index in [4.69, 9.17) is 4.98 Å². The van der Waals surface area contributed by atoms with Crippen molar-refractivity contribution in [2.45, 2.75) is 32.2 Å². The standard InChI is InChI=1S/C20H21N7O2/c1-2-17-22-15-5-3-4-6-16(15)25(17)14-9-11-24(12-10-14)19-8-7-18-21-13-20(27(28)29)26(18)23-19/h3-8,13-14H,2,9-12H2,1H3. The Bertz CT molecular complexity index is 1200. The fraction of sp³-hybridized carbons (Fsp3) is 0.350. The van der Waals surface area contributed by atoms with Crippen molar-refractivity contribution in [3.05, 3.63) is 58.5 Å². The van der Waals surface area contributed by atoms with Gasteiger partial charge < -0.3 is 19.6 Å². The Labute approximate surface area is 166 Å². The van der Waals surface area contributed by atoms with E-state index >= 15 is 0 Å². The zero-order valence-electron chi connectivity index (χ0n) is 16.1. The molecule has 0 bridgehead atoms. The van der Waals surface area contributed by atoms with Gasteiger partial charge in [0, 0.05) is 31.6 Å². The van der Waals surface area contributed by atoms with Crippen molar-refractivity contribution in [1.82, 2.24) is 24.1 Å². The third-order valence-electron chi connectivity index (χ3n) is 5.66. The molecule has 1 saturated heterocycles. The Balaban J connectivity index is 1.40. The van der Waals surface area contributed by atoms with Crippen LogP contribution in [0.5, 0.6) is 0 Å². The Morgan fingerprint density at radius 1 is 1.17 bits per heavy atom. The highest BCUT2D eigenvalue weighted by Crippen LogP contribution is 2.30. The molecule has 3 aromatic heterocycles. The van der Waals surface area contributed by atoms with E-state index in [-0.39, 0.29) is 5.82 Å². The molecule has 9 heteroatoms. The molecule has 5 rings (SSSR count). The Hall–Kier alpha value is -3.49. The van der Waals surface area contributed by atoms with Crippen molar-refractivity contribution >= 4 is 28.3 Å². The van der Waals surface area contributed by atoms with Crippen LogP contribution in [0.15, 0.2) is 42.6 Å². The second-order valence-electron chi connectivity index (χ2n) is 7.29. The van der Waals surface area contributed by atoms with E-state index in [9.17, 15) is 10.1 Å². The summed E-state index contributed by atoms with van der Waals surface area (Å²) in [6, 6.07) is 12.3. The van der Waals surface area contributed by atoms with Crippen LogP contribution >= 0.6 is 0 Å². The summed E-state index contributed by atoms with van der Waals surface area (Å²) >= 11 is 0. The van der Waals surface area contributed by atoms with Gasteiger partial charge in [-0.25, -0.2) is 9.97 Å². The number of aryl methyl sites for hydroxylation is 1. The second-order valence-corrected chi connectivity index (χ2v) is 7.29. The average Bonchev–Trinajstić information content (AvgIpc) is 3.34. The molecular weight excluding hydrogens is 370 g/mol. The fourth-order valence-corrected chi connectivity index (χ4v) is 4.25. The fourth-order valence-electron chi connectivity index (χ4n) is 4.25. The van der Waals surface area contributed by atoms with E-state index in [1.54, 1.807) is 6.07 Å². The molecule has 4 aromatic rings. The first-order chi connectivity index (χ1) is 14.2. The summed E-state index contributed by atoms with van der Waals surface area (Å²) in [6.07, 6.45) is 4.09. The summed E-state index contributed by atoms with van der Waals surface area (Å²) in [5.41, 5.74) is 2.72. The molecule has 4 heterocycles. The molecule has 0 saturated carbocycles. The smallest absolute Gasteiger partial charge is 0.358 e. The molecule has 29 heavy (non-hydrogen) atoms. The summed E-state index contributed by atoms with van der Waals surface area (Å²) in [6.45, 7) is 3.81. The van der Waals surface area contributed by atoms with Crippen LogP contribution in [-0.4, -0.2) is 42.2 Å². The largest absolute Gasteiger partial charge is 0.368 e. The number of hydrogen-bond donors (Lipinski definition) is 0. The molecule has 0 spiro atoms. The van der Waals surface area contributed by atoms with Gasteiger partial charge in [0.1, 0.15) is 12.0 Å². The summed E-state index contributed by atoms with van der Waals surface area (Å²) in [7, 11) is 0. The van der Waals surface area contributed by atoms with Gasteiger partial charge in [0.25, 0.3) is 0 Å². The molecule has 9 nitrogen and oxygen atoms in total. The molecule has 148 valence electrons. The highest BCUT2D eigenvalue weighted by atomic mass is 16.6. The molecule has 1 aliphatic rings.